The van der Waals surface area contributed by atoms with Gasteiger partial charge in [-0.2, -0.15) is 0 Å². The van der Waals surface area contributed by atoms with Crippen LogP contribution in [-0.2, 0) is 11.2 Å². The lowest BCUT2D eigenvalue weighted by molar-refractivity contribution is 0.0323. The average Bonchev–Trinajstić information content (AvgIpc) is 3.55. The van der Waals surface area contributed by atoms with Crippen molar-refractivity contribution in [2.75, 3.05) is 62.0 Å². The molecule has 3 heterocycles. The van der Waals surface area contributed by atoms with Gasteiger partial charge in [0.05, 0.1) is 24.3 Å². The Bertz CT molecular complexity index is 1980. The van der Waals surface area contributed by atoms with E-state index in [0.29, 0.717) is 36.0 Å². The molecule has 1 saturated heterocycles. The van der Waals surface area contributed by atoms with Gasteiger partial charge in [0.25, 0.3) is 0 Å². The highest BCUT2D eigenvalue weighted by Gasteiger charge is 2.22. The number of fused-ring (bicyclic) bond motifs is 1. The average molecular weight is 655 g/mol. The van der Waals surface area contributed by atoms with Gasteiger partial charge >= 0.3 is 6.03 Å². The first-order valence-corrected chi connectivity index (χ1v) is 16.5. The van der Waals surface area contributed by atoms with Gasteiger partial charge in [-0.15, -0.1) is 0 Å². The predicted octanol–water partition coefficient (Wildman–Crippen LogP) is 7.57. The third kappa shape index (κ3) is 7.89. The van der Waals surface area contributed by atoms with Gasteiger partial charge in [-0.3, -0.25) is 4.90 Å². The molecule has 7 rings (SSSR count). The predicted molar refractivity (Wildman–Crippen MR) is 193 cm³/mol. The smallest absolute Gasteiger partial charge is 0.323 e. The summed E-state index contributed by atoms with van der Waals surface area (Å²) in [5, 5.41) is 10.2. The number of hydrogen-bond donors (Lipinski definition) is 3. The van der Waals surface area contributed by atoms with E-state index in [4.69, 9.17) is 13.9 Å². The van der Waals surface area contributed by atoms with E-state index < -0.39 is 0 Å². The van der Waals surface area contributed by atoms with Crippen molar-refractivity contribution in [1.82, 2.24) is 14.9 Å². The first kappa shape index (κ1) is 31.9. The van der Waals surface area contributed by atoms with E-state index in [1.165, 1.54) is 6.33 Å². The van der Waals surface area contributed by atoms with Gasteiger partial charge in [0, 0.05) is 43.0 Å². The molecule has 0 aliphatic carbocycles. The van der Waals surface area contributed by atoms with E-state index in [0.717, 1.165) is 78.5 Å². The van der Waals surface area contributed by atoms with Crippen molar-refractivity contribution in [2.45, 2.75) is 6.42 Å². The molecular weight excluding hydrogens is 616 g/mol. The number of benzene rings is 4. The van der Waals surface area contributed by atoms with Gasteiger partial charge in [-0.1, -0.05) is 84.9 Å². The second kappa shape index (κ2) is 15.5. The number of rotatable bonds is 12. The molecule has 49 heavy (non-hydrogen) atoms. The van der Waals surface area contributed by atoms with Crippen LogP contribution in [0, 0.1) is 0 Å². The van der Waals surface area contributed by atoms with Crippen LogP contribution < -0.4 is 20.7 Å². The minimum absolute atomic E-state index is 0.337. The van der Waals surface area contributed by atoms with Gasteiger partial charge in [0.2, 0.25) is 5.71 Å². The van der Waals surface area contributed by atoms with Crippen molar-refractivity contribution < 1.29 is 18.7 Å². The molecule has 10 nitrogen and oxygen atoms in total. The molecule has 0 saturated carbocycles. The lowest BCUT2D eigenvalue weighted by Gasteiger charge is -2.26. The van der Waals surface area contributed by atoms with E-state index in [1.807, 2.05) is 97.1 Å². The number of amides is 2. The topological polar surface area (TPSA) is 114 Å². The molecule has 6 aromatic rings. The van der Waals surface area contributed by atoms with Crippen LogP contribution in [0.1, 0.15) is 5.56 Å². The number of nitrogens with one attached hydrogen (secondary N) is 3. The zero-order valence-electron chi connectivity index (χ0n) is 27.1. The third-order valence-corrected chi connectivity index (χ3v) is 8.41. The molecule has 0 bridgehead atoms. The van der Waals surface area contributed by atoms with E-state index in [1.54, 1.807) is 0 Å². The highest BCUT2D eigenvalue weighted by Crippen LogP contribution is 2.42. The van der Waals surface area contributed by atoms with E-state index in [2.05, 4.69) is 43.0 Å². The molecule has 0 spiro atoms. The van der Waals surface area contributed by atoms with Crippen LogP contribution in [0.15, 0.2) is 120 Å². The molecule has 2 aromatic heterocycles. The Labute approximate surface area is 285 Å². The highest BCUT2D eigenvalue weighted by molar-refractivity contribution is 6.06. The van der Waals surface area contributed by atoms with Crippen molar-refractivity contribution in [3.05, 3.63) is 121 Å². The number of urea groups is 1. The lowest BCUT2D eigenvalue weighted by Crippen LogP contribution is -2.38. The molecule has 0 atom stereocenters. The standard InChI is InChI=1S/C39H38N6O4/c46-39(44-32-13-7-8-14-33(32)48-26-23-45-21-24-47-25-22-45)43-31-17-15-28(16-18-31)19-20-40-37-35-34(29-9-3-1-4-10-29)36(30-11-5-2-6-12-30)49-38(35)42-27-41-37/h1-18,27H,19-26H2,(H,40,41,42)(H2,43,44,46). The minimum atomic E-state index is -0.337. The number of aromatic nitrogens is 2. The van der Waals surface area contributed by atoms with Crippen LogP contribution in [0.4, 0.5) is 22.0 Å². The van der Waals surface area contributed by atoms with Crippen molar-refractivity contribution in [1.29, 1.82) is 0 Å². The monoisotopic (exact) mass is 654 g/mol. The molecule has 1 fully saturated rings. The first-order chi connectivity index (χ1) is 24.2. The van der Waals surface area contributed by atoms with Gasteiger partial charge in [0.1, 0.15) is 30.3 Å². The zero-order chi connectivity index (χ0) is 33.3. The van der Waals surface area contributed by atoms with Gasteiger partial charge < -0.3 is 29.8 Å². The van der Waals surface area contributed by atoms with Crippen molar-refractivity contribution >= 4 is 34.3 Å². The quantitative estimate of drug-likeness (QED) is 0.124. The second-order valence-corrected chi connectivity index (χ2v) is 11.7. The summed E-state index contributed by atoms with van der Waals surface area (Å²) in [6.45, 7) is 5.29. The largest absolute Gasteiger partial charge is 0.490 e. The van der Waals surface area contributed by atoms with Crippen LogP contribution in [0.25, 0.3) is 33.6 Å². The summed E-state index contributed by atoms with van der Waals surface area (Å²) in [5.41, 5.74) is 5.92. The van der Waals surface area contributed by atoms with Crippen LogP contribution >= 0.6 is 0 Å². The zero-order valence-corrected chi connectivity index (χ0v) is 27.1. The molecule has 3 N–H and O–H groups in total. The molecule has 2 amide bonds. The van der Waals surface area contributed by atoms with Crippen LogP contribution in [0.3, 0.4) is 0 Å². The number of nitrogens with zero attached hydrogens (tertiary/aromatic N) is 3. The molecule has 1 aliphatic rings. The van der Waals surface area contributed by atoms with E-state index in [-0.39, 0.29) is 6.03 Å². The molecule has 0 radical (unpaired) electrons. The summed E-state index contributed by atoms with van der Waals surface area (Å²) in [6.07, 6.45) is 2.27. The number of hydrogen-bond acceptors (Lipinski definition) is 8. The molecule has 0 unspecified atom stereocenters. The maximum atomic E-state index is 12.9. The Kier molecular flexibility index (Phi) is 10.1. The van der Waals surface area contributed by atoms with Crippen molar-refractivity contribution in [2.24, 2.45) is 0 Å². The fourth-order valence-corrected chi connectivity index (χ4v) is 5.91. The number of furan rings is 1. The van der Waals surface area contributed by atoms with Crippen molar-refractivity contribution in [3.63, 3.8) is 0 Å². The molecule has 10 heteroatoms. The fraction of sp³-hybridized carbons (Fsp3) is 0.205. The summed E-state index contributed by atoms with van der Waals surface area (Å²) >= 11 is 0. The molecule has 248 valence electrons. The lowest BCUT2D eigenvalue weighted by atomic mass is 9.99. The Morgan fingerprint density at radius 2 is 1.51 bits per heavy atom. The number of ether oxygens (including phenoxy) is 2. The molecular formula is C39H38N6O4. The van der Waals surface area contributed by atoms with Crippen LogP contribution in [0.2, 0.25) is 0 Å². The first-order valence-electron chi connectivity index (χ1n) is 16.5. The summed E-state index contributed by atoms with van der Waals surface area (Å²) in [4.78, 5) is 24.2. The second-order valence-electron chi connectivity index (χ2n) is 11.7. The van der Waals surface area contributed by atoms with Crippen molar-refractivity contribution in [3.8, 4) is 28.2 Å². The third-order valence-electron chi connectivity index (χ3n) is 8.41. The number of para-hydroxylation sites is 2. The van der Waals surface area contributed by atoms with E-state index in [9.17, 15) is 4.79 Å². The maximum Gasteiger partial charge on any atom is 0.323 e. The van der Waals surface area contributed by atoms with Crippen LogP contribution in [0.5, 0.6) is 5.75 Å². The number of carbonyl (C=O) groups is 1. The summed E-state index contributed by atoms with van der Waals surface area (Å²) in [7, 11) is 0. The summed E-state index contributed by atoms with van der Waals surface area (Å²) in [5.74, 6) is 2.12. The van der Waals surface area contributed by atoms with Gasteiger partial charge in [-0.25, -0.2) is 14.8 Å². The summed E-state index contributed by atoms with van der Waals surface area (Å²) < 4.78 is 17.7. The minimum Gasteiger partial charge on any atom is -0.490 e. The SMILES string of the molecule is O=C(Nc1ccc(CCNc2ncnc3oc(-c4ccccc4)c(-c4ccccc4)c23)cc1)Nc1ccccc1OCCN1CCOCC1. The Morgan fingerprint density at radius 3 is 2.29 bits per heavy atom. The van der Waals surface area contributed by atoms with Gasteiger partial charge in [0.15, 0.2) is 0 Å². The molecule has 1 aliphatic heterocycles. The number of anilines is 3. The maximum absolute atomic E-state index is 12.9. The Morgan fingerprint density at radius 1 is 0.796 bits per heavy atom. The van der Waals surface area contributed by atoms with Gasteiger partial charge in [-0.05, 0) is 41.8 Å². The summed E-state index contributed by atoms with van der Waals surface area (Å²) in [6, 6.07) is 35.2. The Balaban J connectivity index is 0.967. The number of morpholine rings is 1. The normalized spacial score (nSPS) is 13.2. The Hall–Kier alpha value is -5.71. The van der Waals surface area contributed by atoms with E-state index >= 15 is 0 Å². The number of carbonyl (C=O) groups excluding carboxylic acids is 1. The fourth-order valence-electron chi connectivity index (χ4n) is 5.91. The van der Waals surface area contributed by atoms with Crippen LogP contribution in [-0.4, -0.2) is 66.9 Å². The highest BCUT2D eigenvalue weighted by atomic mass is 16.5. The molecule has 4 aromatic carbocycles.